The summed E-state index contributed by atoms with van der Waals surface area (Å²) in [6.07, 6.45) is 3.01. The number of carbonyl (C=O) groups excluding carboxylic acids is 3. The highest BCUT2D eigenvalue weighted by molar-refractivity contribution is 6.05. The van der Waals surface area contributed by atoms with Crippen LogP contribution in [0.4, 0.5) is 5.69 Å². The summed E-state index contributed by atoms with van der Waals surface area (Å²) >= 11 is 0. The third-order valence-corrected chi connectivity index (χ3v) is 8.23. The van der Waals surface area contributed by atoms with Gasteiger partial charge in [0.25, 0.3) is 5.91 Å². The van der Waals surface area contributed by atoms with Gasteiger partial charge >= 0.3 is 5.97 Å². The Bertz CT molecular complexity index is 1250. The number of ether oxygens (including phenoxy) is 2. The molecule has 1 N–H and O–H groups in total. The van der Waals surface area contributed by atoms with Crippen LogP contribution in [-0.4, -0.2) is 71.3 Å². The Morgan fingerprint density at radius 2 is 2.00 bits per heavy atom. The number of benzene rings is 2. The van der Waals surface area contributed by atoms with E-state index >= 15 is 0 Å². The molecule has 2 unspecified atom stereocenters. The minimum Gasteiger partial charge on any atom is -0.466 e. The molecule has 2 aromatic rings. The van der Waals surface area contributed by atoms with Gasteiger partial charge in [0.2, 0.25) is 5.91 Å². The van der Waals surface area contributed by atoms with E-state index in [1.54, 1.807) is 17.9 Å². The van der Waals surface area contributed by atoms with Crippen LogP contribution in [-0.2, 0) is 23.9 Å². The van der Waals surface area contributed by atoms with Crippen LogP contribution in [0.25, 0.3) is 10.8 Å². The van der Waals surface area contributed by atoms with E-state index in [9.17, 15) is 19.5 Å². The van der Waals surface area contributed by atoms with Gasteiger partial charge in [-0.05, 0) is 56.0 Å². The highest BCUT2D eigenvalue weighted by atomic mass is 16.6. The Labute approximate surface area is 216 Å². The Kier molecular flexibility index (Phi) is 6.58. The third kappa shape index (κ3) is 3.85. The van der Waals surface area contributed by atoms with Gasteiger partial charge in [-0.25, -0.2) is 0 Å². The summed E-state index contributed by atoms with van der Waals surface area (Å²) in [5, 5.41) is 11.6. The molecule has 5 atom stereocenters. The predicted octanol–water partition coefficient (Wildman–Crippen LogP) is 3.07. The van der Waals surface area contributed by atoms with E-state index in [2.05, 4.69) is 6.58 Å². The quantitative estimate of drug-likeness (QED) is 0.415. The number of rotatable bonds is 9. The second-order valence-corrected chi connectivity index (χ2v) is 10.4. The van der Waals surface area contributed by atoms with E-state index < -0.39 is 35.0 Å². The summed E-state index contributed by atoms with van der Waals surface area (Å²) in [6, 6.07) is 12.8. The number of hydrogen-bond donors (Lipinski definition) is 1. The first-order valence-corrected chi connectivity index (χ1v) is 13.0. The van der Waals surface area contributed by atoms with Crippen molar-refractivity contribution in [2.24, 2.45) is 11.8 Å². The van der Waals surface area contributed by atoms with Crippen LogP contribution in [0.5, 0.6) is 0 Å². The molecular weight excluding hydrogens is 472 g/mol. The molecule has 2 bridgehead atoms. The van der Waals surface area contributed by atoms with Gasteiger partial charge in [0, 0.05) is 25.4 Å². The van der Waals surface area contributed by atoms with E-state index in [-0.39, 0.29) is 38.1 Å². The Balaban J connectivity index is 1.58. The summed E-state index contributed by atoms with van der Waals surface area (Å²) in [5.41, 5.74) is -1.31. The molecule has 3 saturated heterocycles. The van der Waals surface area contributed by atoms with Crippen LogP contribution in [0.1, 0.15) is 33.1 Å². The molecule has 3 aliphatic heterocycles. The number of likely N-dealkylation sites (tertiary alicyclic amines) is 1. The van der Waals surface area contributed by atoms with Gasteiger partial charge in [-0.3, -0.25) is 14.4 Å². The molecule has 2 amide bonds. The van der Waals surface area contributed by atoms with Crippen LogP contribution >= 0.6 is 0 Å². The predicted molar refractivity (Wildman–Crippen MR) is 139 cm³/mol. The van der Waals surface area contributed by atoms with Gasteiger partial charge in [0.1, 0.15) is 17.6 Å². The zero-order valence-corrected chi connectivity index (χ0v) is 21.4. The lowest BCUT2D eigenvalue weighted by molar-refractivity contribution is -0.159. The molecule has 0 radical (unpaired) electrons. The summed E-state index contributed by atoms with van der Waals surface area (Å²) < 4.78 is 12.0. The van der Waals surface area contributed by atoms with Gasteiger partial charge < -0.3 is 24.4 Å². The minimum absolute atomic E-state index is 0.122. The number of nitrogens with zero attached hydrogens (tertiary/aromatic N) is 2. The maximum atomic E-state index is 14.4. The van der Waals surface area contributed by atoms with Crippen molar-refractivity contribution in [2.75, 3.05) is 31.2 Å². The normalized spacial score (nSPS) is 30.0. The van der Waals surface area contributed by atoms with E-state index in [1.165, 1.54) is 4.90 Å². The first-order valence-electron chi connectivity index (χ1n) is 13.0. The molecular formula is C29H34N2O6. The molecule has 5 rings (SSSR count). The number of fused-ring (bicyclic) bond motifs is 2. The average molecular weight is 507 g/mol. The molecule has 1 spiro atoms. The molecule has 37 heavy (non-hydrogen) atoms. The largest absolute Gasteiger partial charge is 0.466 e. The van der Waals surface area contributed by atoms with Crippen molar-refractivity contribution in [1.29, 1.82) is 0 Å². The lowest BCUT2D eigenvalue weighted by Crippen LogP contribution is -2.56. The molecule has 0 saturated carbocycles. The maximum absolute atomic E-state index is 14.4. The van der Waals surface area contributed by atoms with Crippen LogP contribution in [0.3, 0.4) is 0 Å². The van der Waals surface area contributed by atoms with Crippen LogP contribution < -0.4 is 4.90 Å². The number of anilines is 1. The first-order chi connectivity index (χ1) is 17.8. The molecule has 3 aliphatic rings. The lowest BCUT2D eigenvalue weighted by Gasteiger charge is -2.36. The fourth-order valence-corrected chi connectivity index (χ4v) is 6.72. The summed E-state index contributed by atoms with van der Waals surface area (Å²) in [4.78, 5) is 44.6. The van der Waals surface area contributed by atoms with Crippen molar-refractivity contribution in [3.63, 3.8) is 0 Å². The summed E-state index contributed by atoms with van der Waals surface area (Å²) in [6.45, 7) is 7.96. The minimum atomic E-state index is -1.13. The van der Waals surface area contributed by atoms with Gasteiger partial charge in [-0.15, -0.1) is 6.58 Å². The molecule has 8 nitrogen and oxygen atoms in total. The Hall–Kier alpha value is -3.23. The first kappa shape index (κ1) is 25.4. The lowest BCUT2D eigenvalue weighted by atomic mass is 9.66. The highest BCUT2D eigenvalue weighted by Crippen LogP contribution is 2.63. The monoisotopic (exact) mass is 506 g/mol. The van der Waals surface area contributed by atoms with Crippen molar-refractivity contribution in [3.8, 4) is 0 Å². The number of aliphatic hydroxyl groups is 1. The summed E-state index contributed by atoms with van der Waals surface area (Å²) in [5.74, 6) is -2.61. The number of esters is 1. The molecule has 8 heteroatoms. The second-order valence-electron chi connectivity index (χ2n) is 10.4. The smallest absolute Gasteiger partial charge is 0.312 e. The van der Waals surface area contributed by atoms with Crippen molar-refractivity contribution in [2.45, 2.75) is 50.4 Å². The van der Waals surface area contributed by atoms with E-state index in [0.29, 0.717) is 24.9 Å². The molecule has 3 fully saturated rings. The SMILES string of the molecule is C=CCN(C(=O)C1N(CCCO)C(=O)[C@@H]2[C@@H](C(=O)OCC)[C@@]3(C)CCC12O3)c1ccc2ccccc2c1. The number of carbonyl (C=O) groups is 3. The molecule has 2 aromatic carbocycles. The standard InChI is InChI=1S/C29H34N2O6/c1-4-15-30(21-12-11-19-9-6-7-10-20(19)18-21)26(34)24-29-14-13-28(3,37-29)23(27(35)36-5-2)22(29)25(33)31(24)16-8-17-32/h4,6-7,9-12,18,22-24,32H,1,5,8,13-17H2,2-3H3/t22-,23-,24?,28+,29?/m0/s1. The van der Waals surface area contributed by atoms with Gasteiger partial charge in [-0.2, -0.15) is 0 Å². The van der Waals surface area contributed by atoms with Gasteiger partial charge in [-0.1, -0.05) is 36.4 Å². The van der Waals surface area contributed by atoms with E-state index in [1.807, 2.05) is 49.4 Å². The fourth-order valence-electron chi connectivity index (χ4n) is 6.72. The van der Waals surface area contributed by atoms with E-state index in [4.69, 9.17) is 9.47 Å². The topological polar surface area (TPSA) is 96.4 Å². The average Bonchev–Trinajstić information content (AvgIpc) is 3.46. The summed E-state index contributed by atoms with van der Waals surface area (Å²) in [7, 11) is 0. The van der Waals surface area contributed by atoms with Crippen molar-refractivity contribution >= 4 is 34.2 Å². The zero-order chi connectivity index (χ0) is 26.4. The molecule has 3 heterocycles. The van der Waals surface area contributed by atoms with Crippen LogP contribution in [0.15, 0.2) is 55.1 Å². The Morgan fingerprint density at radius 1 is 1.24 bits per heavy atom. The second kappa shape index (κ2) is 9.58. The fraction of sp³-hybridized carbons (Fsp3) is 0.483. The molecule has 0 aliphatic carbocycles. The highest BCUT2D eigenvalue weighted by Gasteiger charge is 2.78. The number of amides is 2. The number of aliphatic hydroxyl groups excluding tert-OH is 1. The Morgan fingerprint density at radius 3 is 2.70 bits per heavy atom. The van der Waals surface area contributed by atoms with Crippen LogP contribution in [0, 0.1) is 11.8 Å². The molecule has 0 aromatic heterocycles. The maximum Gasteiger partial charge on any atom is 0.312 e. The van der Waals surface area contributed by atoms with E-state index in [0.717, 1.165) is 10.8 Å². The zero-order valence-electron chi connectivity index (χ0n) is 21.4. The number of hydrogen-bond acceptors (Lipinski definition) is 6. The van der Waals surface area contributed by atoms with Crippen LogP contribution in [0.2, 0.25) is 0 Å². The van der Waals surface area contributed by atoms with Gasteiger partial charge in [0.05, 0.1) is 18.1 Å². The van der Waals surface area contributed by atoms with Crippen molar-refractivity contribution < 1.29 is 29.0 Å². The third-order valence-electron chi connectivity index (χ3n) is 8.23. The van der Waals surface area contributed by atoms with Gasteiger partial charge in [0.15, 0.2) is 0 Å². The van der Waals surface area contributed by atoms with Crippen molar-refractivity contribution in [3.05, 3.63) is 55.1 Å². The molecule has 196 valence electrons. The van der Waals surface area contributed by atoms with Crippen molar-refractivity contribution in [1.82, 2.24) is 4.90 Å².